The van der Waals surface area contributed by atoms with Gasteiger partial charge < -0.3 is 9.64 Å². The Bertz CT molecular complexity index is 886. The van der Waals surface area contributed by atoms with Crippen molar-refractivity contribution in [3.8, 4) is 0 Å². The van der Waals surface area contributed by atoms with E-state index in [1.165, 1.54) is 7.05 Å². The second-order valence-electron chi connectivity index (χ2n) is 6.68. The average molecular weight is 357 g/mol. The number of benzene rings is 1. The molecule has 1 aliphatic carbocycles. The molecule has 1 fully saturated rings. The quantitative estimate of drug-likeness (QED) is 0.705. The SMILES string of the molecule is CCCN(CC1CC1)C(=O)COC(=O)c1nn(C)c(=O)c2ccccc12. The van der Waals surface area contributed by atoms with Gasteiger partial charge >= 0.3 is 5.97 Å². The van der Waals surface area contributed by atoms with E-state index in [2.05, 4.69) is 5.10 Å². The summed E-state index contributed by atoms with van der Waals surface area (Å²) in [6, 6.07) is 6.74. The molecule has 2 aromatic rings. The maximum atomic E-state index is 12.5. The van der Waals surface area contributed by atoms with Crippen LogP contribution in [-0.2, 0) is 16.6 Å². The van der Waals surface area contributed by atoms with Gasteiger partial charge in [0.25, 0.3) is 11.5 Å². The van der Waals surface area contributed by atoms with Gasteiger partial charge in [0, 0.05) is 25.5 Å². The topological polar surface area (TPSA) is 81.5 Å². The number of amides is 1. The van der Waals surface area contributed by atoms with Gasteiger partial charge in [0.05, 0.1) is 5.39 Å². The maximum absolute atomic E-state index is 12.5. The van der Waals surface area contributed by atoms with Crippen molar-refractivity contribution in [2.24, 2.45) is 13.0 Å². The van der Waals surface area contributed by atoms with Crippen molar-refractivity contribution >= 4 is 22.6 Å². The Kier molecular flexibility index (Phi) is 5.35. The summed E-state index contributed by atoms with van der Waals surface area (Å²) in [4.78, 5) is 38.7. The number of carbonyl (C=O) groups excluding carboxylic acids is 2. The Hall–Kier alpha value is -2.70. The summed E-state index contributed by atoms with van der Waals surface area (Å²) < 4.78 is 6.32. The lowest BCUT2D eigenvalue weighted by molar-refractivity contribution is -0.134. The molecule has 0 aliphatic heterocycles. The van der Waals surface area contributed by atoms with Crippen molar-refractivity contribution in [1.82, 2.24) is 14.7 Å². The van der Waals surface area contributed by atoms with Gasteiger partial charge in [0.1, 0.15) is 0 Å². The van der Waals surface area contributed by atoms with Gasteiger partial charge in [-0.25, -0.2) is 9.48 Å². The zero-order chi connectivity index (χ0) is 18.7. The van der Waals surface area contributed by atoms with Crippen LogP contribution in [0.5, 0.6) is 0 Å². The lowest BCUT2D eigenvalue weighted by Gasteiger charge is -2.21. The van der Waals surface area contributed by atoms with Crippen LogP contribution < -0.4 is 5.56 Å². The number of carbonyl (C=O) groups is 2. The van der Waals surface area contributed by atoms with Gasteiger partial charge in [-0.1, -0.05) is 25.1 Å². The first-order valence-electron chi connectivity index (χ1n) is 8.92. The molecule has 0 spiro atoms. The van der Waals surface area contributed by atoms with E-state index in [-0.39, 0.29) is 23.8 Å². The molecule has 0 unspecified atom stereocenters. The number of esters is 1. The summed E-state index contributed by atoms with van der Waals surface area (Å²) in [5.41, 5.74) is -0.244. The molecule has 0 N–H and O–H groups in total. The third-order valence-electron chi connectivity index (χ3n) is 4.50. The highest BCUT2D eigenvalue weighted by atomic mass is 16.5. The summed E-state index contributed by atoms with van der Waals surface area (Å²) in [5, 5.41) is 4.84. The molecule has 7 nitrogen and oxygen atoms in total. The molecule has 138 valence electrons. The minimum absolute atomic E-state index is 0.0414. The van der Waals surface area contributed by atoms with Crippen molar-refractivity contribution in [2.45, 2.75) is 26.2 Å². The lowest BCUT2D eigenvalue weighted by atomic mass is 10.1. The minimum Gasteiger partial charge on any atom is -0.451 e. The fourth-order valence-electron chi connectivity index (χ4n) is 2.94. The highest BCUT2D eigenvalue weighted by Gasteiger charge is 2.27. The Morgan fingerprint density at radius 3 is 2.62 bits per heavy atom. The summed E-state index contributed by atoms with van der Waals surface area (Å²) in [6.07, 6.45) is 3.17. The summed E-state index contributed by atoms with van der Waals surface area (Å²) in [7, 11) is 1.48. The highest BCUT2D eigenvalue weighted by Crippen LogP contribution is 2.29. The molecule has 1 amide bonds. The number of aromatic nitrogens is 2. The number of fused-ring (bicyclic) bond motifs is 1. The predicted octanol–water partition coefficient (Wildman–Crippen LogP) is 1.74. The Labute approximate surface area is 151 Å². The van der Waals surface area contributed by atoms with Gasteiger partial charge in [-0.3, -0.25) is 9.59 Å². The first-order chi connectivity index (χ1) is 12.5. The van der Waals surface area contributed by atoms with Gasteiger partial charge in [-0.2, -0.15) is 5.10 Å². The van der Waals surface area contributed by atoms with Gasteiger partial charge in [-0.05, 0) is 31.2 Å². The van der Waals surface area contributed by atoms with E-state index >= 15 is 0 Å². The smallest absolute Gasteiger partial charge is 0.359 e. The molecular weight excluding hydrogens is 334 g/mol. The fourth-order valence-corrected chi connectivity index (χ4v) is 2.94. The third-order valence-corrected chi connectivity index (χ3v) is 4.50. The molecule has 1 heterocycles. The number of hydrogen-bond acceptors (Lipinski definition) is 5. The number of rotatable bonds is 7. The Balaban J connectivity index is 1.74. The van der Waals surface area contributed by atoms with Crippen LogP contribution in [0.15, 0.2) is 29.1 Å². The van der Waals surface area contributed by atoms with Crippen LogP contribution in [-0.4, -0.2) is 46.3 Å². The fraction of sp³-hybridized carbons (Fsp3) is 0.474. The van der Waals surface area contributed by atoms with Crippen LogP contribution in [0, 0.1) is 5.92 Å². The van der Waals surface area contributed by atoms with E-state index < -0.39 is 5.97 Å². The molecule has 1 aromatic carbocycles. The van der Waals surface area contributed by atoms with Gasteiger partial charge in [-0.15, -0.1) is 0 Å². The first-order valence-corrected chi connectivity index (χ1v) is 8.92. The van der Waals surface area contributed by atoms with E-state index in [0.717, 1.165) is 30.5 Å². The average Bonchev–Trinajstić information content (AvgIpc) is 3.46. The molecular formula is C19H23N3O4. The van der Waals surface area contributed by atoms with Gasteiger partial charge in [0.2, 0.25) is 0 Å². The van der Waals surface area contributed by atoms with Crippen LogP contribution >= 0.6 is 0 Å². The number of hydrogen-bond donors (Lipinski definition) is 0. The molecule has 0 saturated heterocycles. The van der Waals surface area contributed by atoms with Crippen molar-refractivity contribution in [2.75, 3.05) is 19.7 Å². The number of ether oxygens (including phenoxy) is 1. The van der Waals surface area contributed by atoms with Crippen molar-refractivity contribution in [3.05, 3.63) is 40.3 Å². The summed E-state index contributed by atoms with van der Waals surface area (Å²) in [6.45, 7) is 3.09. The van der Waals surface area contributed by atoms with Crippen molar-refractivity contribution in [3.63, 3.8) is 0 Å². The monoisotopic (exact) mass is 357 g/mol. The van der Waals surface area contributed by atoms with E-state index in [4.69, 9.17) is 4.74 Å². The number of nitrogens with zero attached hydrogens (tertiary/aromatic N) is 3. The number of aryl methyl sites for hydroxylation is 1. The normalized spacial score (nSPS) is 13.6. The summed E-state index contributed by atoms with van der Waals surface area (Å²) >= 11 is 0. The van der Waals surface area contributed by atoms with Crippen LogP contribution in [0.3, 0.4) is 0 Å². The predicted molar refractivity (Wildman–Crippen MR) is 96.9 cm³/mol. The lowest BCUT2D eigenvalue weighted by Crippen LogP contribution is -2.37. The maximum Gasteiger partial charge on any atom is 0.359 e. The zero-order valence-corrected chi connectivity index (χ0v) is 15.1. The molecule has 7 heteroatoms. The molecule has 1 aromatic heterocycles. The Morgan fingerprint density at radius 2 is 1.96 bits per heavy atom. The first kappa shape index (κ1) is 18.1. The third kappa shape index (κ3) is 3.92. The molecule has 26 heavy (non-hydrogen) atoms. The van der Waals surface area contributed by atoms with Crippen LogP contribution in [0.1, 0.15) is 36.7 Å². The van der Waals surface area contributed by atoms with E-state index in [1.807, 2.05) is 6.92 Å². The largest absolute Gasteiger partial charge is 0.451 e. The highest BCUT2D eigenvalue weighted by molar-refractivity contribution is 6.02. The molecule has 1 aliphatic rings. The van der Waals surface area contributed by atoms with Crippen LogP contribution in [0.25, 0.3) is 10.8 Å². The minimum atomic E-state index is -0.701. The summed E-state index contributed by atoms with van der Waals surface area (Å²) in [5.74, 6) is -0.315. The molecule has 0 atom stereocenters. The van der Waals surface area contributed by atoms with Gasteiger partial charge in [0.15, 0.2) is 12.3 Å². The van der Waals surface area contributed by atoms with Crippen LogP contribution in [0.2, 0.25) is 0 Å². The van der Waals surface area contributed by atoms with E-state index in [0.29, 0.717) is 23.2 Å². The van der Waals surface area contributed by atoms with E-state index in [1.54, 1.807) is 29.2 Å². The second kappa shape index (κ2) is 7.68. The molecule has 0 bridgehead atoms. The Morgan fingerprint density at radius 1 is 1.27 bits per heavy atom. The zero-order valence-electron chi connectivity index (χ0n) is 15.1. The molecule has 1 saturated carbocycles. The van der Waals surface area contributed by atoms with Crippen molar-refractivity contribution < 1.29 is 14.3 Å². The standard InChI is InChI=1S/C19H23N3O4/c1-3-10-22(11-13-8-9-13)16(23)12-26-19(25)17-14-6-4-5-7-15(14)18(24)21(2)20-17/h4-7,13H,3,8-12H2,1-2H3. The second-order valence-corrected chi connectivity index (χ2v) is 6.68. The molecule has 3 rings (SSSR count). The molecule has 0 radical (unpaired) electrons. The van der Waals surface area contributed by atoms with E-state index in [9.17, 15) is 14.4 Å². The van der Waals surface area contributed by atoms with Crippen LogP contribution in [0.4, 0.5) is 0 Å². The van der Waals surface area contributed by atoms with Crippen molar-refractivity contribution in [1.29, 1.82) is 0 Å².